The van der Waals surface area contributed by atoms with Gasteiger partial charge in [0.25, 0.3) is 5.91 Å². The lowest BCUT2D eigenvalue weighted by molar-refractivity contribution is -0.131. The van der Waals surface area contributed by atoms with Crippen molar-refractivity contribution in [3.63, 3.8) is 0 Å². The molecule has 0 bridgehead atoms. The van der Waals surface area contributed by atoms with E-state index in [1.54, 1.807) is 5.48 Å². The molecule has 0 unspecified atom stereocenters. The maximum atomic E-state index is 13.2. The van der Waals surface area contributed by atoms with Crippen molar-refractivity contribution in [2.45, 2.75) is 43.8 Å². The third-order valence-corrected chi connectivity index (χ3v) is 8.30. The van der Waals surface area contributed by atoms with Crippen LogP contribution >= 0.6 is 0 Å². The van der Waals surface area contributed by atoms with Crippen molar-refractivity contribution >= 4 is 21.6 Å². The van der Waals surface area contributed by atoms with E-state index in [1.807, 2.05) is 24.3 Å². The van der Waals surface area contributed by atoms with Gasteiger partial charge in [0.15, 0.2) is 4.75 Å². The van der Waals surface area contributed by atoms with Crippen LogP contribution in [-0.4, -0.2) is 61.4 Å². The van der Waals surface area contributed by atoms with Crippen molar-refractivity contribution in [1.82, 2.24) is 9.79 Å². The van der Waals surface area contributed by atoms with E-state index < -0.39 is 20.7 Å². The van der Waals surface area contributed by atoms with Gasteiger partial charge in [0, 0.05) is 31.9 Å². The first-order valence-corrected chi connectivity index (χ1v) is 11.3. The molecule has 2 fully saturated rings. The molecule has 1 amide bonds. The molecule has 2 aliphatic rings. The molecule has 1 aliphatic heterocycles. The summed E-state index contributed by atoms with van der Waals surface area (Å²) in [5.74, 6) is 0.0140. The normalized spacial score (nSPS) is 20.1. The Morgan fingerprint density at radius 1 is 1.14 bits per heavy atom. The van der Waals surface area contributed by atoms with Crippen LogP contribution in [0.25, 0.3) is 0 Å². The fourth-order valence-corrected chi connectivity index (χ4v) is 6.28. The van der Waals surface area contributed by atoms with Crippen LogP contribution in [0.3, 0.4) is 0 Å². The molecule has 8 nitrogen and oxygen atoms in total. The summed E-state index contributed by atoms with van der Waals surface area (Å²) < 4.78 is 31.9. The first kappa shape index (κ1) is 20.9. The summed E-state index contributed by atoms with van der Waals surface area (Å²) in [6.07, 6.45) is 2.79. The molecule has 1 saturated heterocycles. The number of sulfonamides is 1. The average molecular weight is 412 g/mol. The summed E-state index contributed by atoms with van der Waals surface area (Å²) in [7, 11) is -3.84. The van der Waals surface area contributed by atoms with Gasteiger partial charge in [-0.1, -0.05) is 19.8 Å². The van der Waals surface area contributed by atoms with Crippen molar-refractivity contribution in [2.75, 3.05) is 37.7 Å². The highest BCUT2D eigenvalue weighted by Gasteiger charge is 2.55. The predicted molar refractivity (Wildman–Crippen MR) is 106 cm³/mol. The predicted octanol–water partition coefficient (Wildman–Crippen LogP) is 1.75. The number of anilines is 1. The molecule has 28 heavy (non-hydrogen) atoms. The second-order valence-corrected chi connectivity index (χ2v) is 9.62. The van der Waals surface area contributed by atoms with Crippen LogP contribution in [-0.2, 0) is 14.8 Å². The van der Waals surface area contributed by atoms with Gasteiger partial charge in [0.2, 0.25) is 10.0 Å². The van der Waals surface area contributed by atoms with Gasteiger partial charge in [-0.2, -0.15) is 4.31 Å². The first-order valence-electron chi connectivity index (χ1n) is 9.86. The van der Waals surface area contributed by atoms with E-state index in [9.17, 15) is 13.2 Å². The zero-order valence-corrected chi connectivity index (χ0v) is 17.1. The number of rotatable bonds is 7. The van der Waals surface area contributed by atoms with Crippen LogP contribution in [0.5, 0.6) is 5.75 Å². The second kappa shape index (κ2) is 8.67. The van der Waals surface area contributed by atoms with Crippen molar-refractivity contribution in [3.8, 4) is 5.75 Å². The Morgan fingerprint density at radius 2 is 1.75 bits per heavy atom. The van der Waals surface area contributed by atoms with Gasteiger partial charge < -0.3 is 9.64 Å². The fraction of sp³-hybridized carbons (Fsp3) is 0.632. The highest BCUT2D eigenvalue weighted by Crippen LogP contribution is 2.39. The Morgan fingerprint density at radius 3 is 2.29 bits per heavy atom. The Labute approximate surface area is 166 Å². The van der Waals surface area contributed by atoms with Gasteiger partial charge in [0.05, 0.1) is 6.61 Å². The van der Waals surface area contributed by atoms with E-state index in [2.05, 4.69) is 11.8 Å². The number of nitrogens with one attached hydrogen (secondary N) is 1. The van der Waals surface area contributed by atoms with Gasteiger partial charge in [0.1, 0.15) is 5.75 Å². The molecule has 9 heteroatoms. The highest BCUT2D eigenvalue weighted by atomic mass is 32.2. The van der Waals surface area contributed by atoms with Crippen LogP contribution in [0.1, 0.15) is 39.0 Å². The molecule has 1 aromatic carbocycles. The topological polar surface area (TPSA) is 99.2 Å². The molecule has 156 valence electrons. The van der Waals surface area contributed by atoms with Gasteiger partial charge in [-0.05, 0) is 43.5 Å². The van der Waals surface area contributed by atoms with Crippen LogP contribution in [0.2, 0.25) is 0 Å². The first-order chi connectivity index (χ1) is 13.4. The number of hydrogen-bond donors (Lipinski definition) is 2. The van der Waals surface area contributed by atoms with Gasteiger partial charge in [-0.3, -0.25) is 10.0 Å². The maximum Gasteiger partial charge on any atom is 0.266 e. The maximum absolute atomic E-state index is 13.2. The van der Waals surface area contributed by atoms with Crippen molar-refractivity contribution in [3.05, 3.63) is 24.3 Å². The minimum atomic E-state index is -3.84. The molecular formula is C19H29N3O5S. The zero-order valence-electron chi connectivity index (χ0n) is 16.3. The number of hydroxylamine groups is 1. The molecule has 0 atom stereocenters. The molecule has 3 rings (SSSR count). The summed E-state index contributed by atoms with van der Waals surface area (Å²) in [6, 6.07) is 7.81. The van der Waals surface area contributed by atoms with Crippen molar-refractivity contribution < 1.29 is 23.2 Å². The Kier molecular flexibility index (Phi) is 6.47. The molecule has 0 radical (unpaired) electrons. The van der Waals surface area contributed by atoms with E-state index >= 15 is 0 Å². The number of nitrogens with zero attached hydrogens (tertiary/aromatic N) is 2. The Bertz CT molecular complexity index is 767. The lowest BCUT2D eigenvalue weighted by Gasteiger charge is -2.39. The summed E-state index contributed by atoms with van der Waals surface area (Å²) in [6.45, 7) is 4.46. The summed E-state index contributed by atoms with van der Waals surface area (Å²) in [5.41, 5.74) is 2.60. The van der Waals surface area contributed by atoms with Crippen molar-refractivity contribution in [1.29, 1.82) is 0 Å². The summed E-state index contributed by atoms with van der Waals surface area (Å²) in [5, 5.41) is 9.09. The lowest BCUT2D eigenvalue weighted by atomic mass is 10.1. The lowest BCUT2D eigenvalue weighted by Crippen LogP contribution is -2.59. The van der Waals surface area contributed by atoms with Gasteiger partial charge in [-0.15, -0.1) is 0 Å². The highest BCUT2D eigenvalue weighted by molar-refractivity contribution is 7.91. The van der Waals surface area contributed by atoms with Gasteiger partial charge >= 0.3 is 0 Å². The standard InChI is InChI=1S/C19H29N3O5S/c1-2-15-27-17-7-5-16(6-8-17)21-11-13-22(14-12-21)28(25,26)19(18(23)20-24)9-3-4-10-19/h5-8,24H,2-4,9-15H2,1H3,(H,20,23). The molecule has 1 saturated carbocycles. The average Bonchev–Trinajstić information content (AvgIpc) is 3.24. The molecule has 0 aromatic heterocycles. The monoisotopic (exact) mass is 411 g/mol. The van der Waals surface area contributed by atoms with Crippen LogP contribution < -0.4 is 15.1 Å². The number of carbonyl (C=O) groups is 1. The molecular weight excluding hydrogens is 382 g/mol. The number of piperazine rings is 1. The molecule has 2 N–H and O–H groups in total. The number of ether oxygens (including phenoxy) is 1. The fourth-order valence-electron chi connectivity index (χ4n) is 4.06. The van der Waals surface area contributed by atoms with Crippen LogP contribution in [0.15, 0.2) is 24.3 Å². The van der Waals surface area contributed by atoms with E-state index in [0.29, 0.717) is 45.6 Å². The smallest absolute Gasteiger partial charge is 0.266 e. The zero-order chi connectivity index (χ0) is 20.2. The minimum Gasteiger partial charge on any atom is -0.494 e. The Balaban J connectivity index is 1.66. The molecule has 1 aromatic rings. The molecule has 0 spiro atoms. The SMILES string of the molecule is CCCOc1ccc(N2CCN(S(=O)(=O)C3(C(=O)NO)CCCC3)CC2)cc1. The largest absolute Gasteiger partial charge is 0.494 e. The molecule has 1 aliphatic carbocycles. The number of hydrogen-bond acceptors (Lipinski definition) is 6. The molecule has 1 heterocycles. The quantitative estimate of drug-likeness (QED) is 0.524. The van der Waals surface area contributed by atoms with Crippen LogP contribution in [0.4, 0.5) is 5.69 Å². The number of amides is 1. The summed E-state index contributed by atoms with van der Waals surface area (Å²) in [4.78, 5) is 14.4. The van der Waals surface area contributed by atoms with E-state index in [1.165, 1.54) is 4.31 Å². The second-order valence-electron chi connectivity index (χ2n) is 7.38. The minimum absolute atomic E-state index is 0.251. The Hall–Kier alpha value is -1.84. The number of benzene rings is 1. The van der Waals surface area contributed by atoms with E-state index in [-0.39, 0.29) is 12.8 Å². The van der Waals surface area contributed by atoms with E-state index in [4.69, 9.17) is 9.94 Å². The number of carbonyl (C=O) groups excluding carboxylic acids is 1. The third-order valence-electron chi connectivity index (χ3n) is 5.67. The third kappa shape index (κ3) is 3.83. The van der Waals surface area contributed by atoms with E-state index in [0.717, 1.165) is 17.9 Å². The van der Waals surface area contributed by atoms with Gasteiger partial charge in [-0.25, -0.2) is 13.9 Å². The van der Waals surface area contributed by atoms with Crippen LogP contribution in [0, 0.1) is 0 Å². The summed E-state index contributed by atoms with van der Waals surface area (Å²) >= 11 is 0. The van der Waals surface area contributed by atoms with Crippen molar-refractivity contribution in [2.24, 2.45) is 0 Å².